The summed E-state index contributed by atoms with van der Waals surface area (Å²) >= 11 is 0. The van der Waals surface area contributed by atoms with Crippen LogP contribution in [0.2, 0.25) is 0 Å². The van der Waals surface area contributed by atoms with Gasteiger partial charge in [-0.25, -0.2) is 4.68 Å². The zero-order chi connectivity index (χ0) is 24.0. The molecule has 2 aliphatic heterocycles. The first-order valence-electron chi connectivity index (χ1n) is 12.3. The molecule has 9 nitrogen and oxygen atoms in total. The van der Waals surface area contributed by atoms with Gasteiger partial charge < -0.3 is 14.2 Å². The van der Waals surface area contributed by atoms with Crippen LogP contribution in [0.1, 0.15) is 35.8 Å². The lowest BCUT2D eigenvalue weighted by molar-refractivity contribution is 0.0841. The number of ether oxygens (including phenoxy) is 3. The second-order valence-electron chi connectivity index (χ2n) is 9.17. The number of halogens is 1. The van der Waals surface area contributed by atoms with Gasteiger partial charge in [0, 0.05) is 39.3 Å². The summed E-state index contributed by atoms with van der Waals surface area (Å²) in [7, 11) is 3.32. The molecule has 0 bridgehead atoms. The molecule has 1 aromatic heterocycles. The zero-order valence-electron chi connectivity index (χ0n) is 21.0. The topological polar surface area (TPSA) is 77.8 Å². The van der Waals surface area contributed by atoms with Crippen molar-refractivity contribution in [2.45, 2.75) is 38.1 Å². The molecule has 36 heavy (non-hydrogen) atoms. The average molecular weight is 515 g/mol. The number of methoxy groups -OCH3 is 2. The second kappa shape index (κ2) is 12.5. The maximum Gasteiger partial charge on any atom is 0.173 e. The smallest absolute Gasteiger partial charge is 0.173 e. The number of nitrogens with zero attached hydrogens (tertiary/aromatic N) is 6. The van der Waals surface area contributed by atoms with Crippen LogP contribution in [0.25, 0.3) is 0 Å². The molecular formula is C26H35ClN6O3. The van der Waals surface area contributed by atoms with Gasteiger partial charge in [-0.1, -0.05) is 36.4 Å². The highest BCUT2D eigenvalue weighted by molar-refractivity contribution is 5.85. The molecule has 2 aromatic carbocycles. The van der Waals surface area contributed by atoms with E-state index in [0.29, 0.717) is 18.0 Å². The lowest BCUT2D eigenvalue weighted by Gasteiger charge is -2.39. The van der Waals surface area contributed by atoms with Crippen LogP contribution in [0.3, 0.4) is 0 Å². The van der Waals surface area contributed by atoms with Gasteiger partial charge in [-0.15, -0.1) is 17.5 Å². The van der Waals surface area contributed by atoms with Crippen molar-refractivity contribution < 1.29 is 14.2 Å². The third kappa shape index (κ3) is 5.98. The fraction of sp³-hybridized carbons (Fsp3) is 0.500. The minimum atomic E-state index is -0.0925. The number of tetrazole rings is 1. The summed E-state index contributed by atoms with van der Waals surface area (Å²) in [6.07, 6.45) is 2.29. The molecule has 0 N–H and O–H groups in total. The van der Waals surface area contributed by atoms with Gasteiger partial charge in [0.1, 0.15) is 0 Å². The standard InChI is InChI=1S/C26H34N6O3.ClH/c1-33-23-11-10-21(17-24(23)34-2)25(26-27-28-29-32(26)19-22-9-6-16-35-22)31-14-12-30(13-15-31)18-20-7-4-3-5-8-20;/h3-5,7-8,10-11,17,22,25H,6,9,12-16,18-19H2,1-2H3;1H. The highest BCUT2D eigenvalue weighted by Crippen LogP contribution is 2.35. The summed E-state index contributed by atoms with van der Waals surface area (Å²) in [6.45, 7) is 6.23. The van der Waals surface area contributed by atoms with Gasteiger partial charge in [-0.2, -0.15) is 0 Å². The summed E-state index contributed by atoms with van der Waals surface area (Å²) < 4.78 is 18.9. The Hall–Kier alpha value is -2.72. The fourth-order valence-electron chi connectivity index (χ4n) is 5.09. The summed E-state index contributed by atoms with van der Waals surface area (Å²) in [5.74, 6) is 2.25. The minimum Gasteiger partial charge on any atom is -0.493 e. The Morgan fingerprint density at radius 3 is 2.47 bits per heavy atom. The van der Waals surface area contributed by atoms with Crippen LogP contribution >= 0.6 is 12.4 Å². The van der Waals surface area contributed by atoms with Crippen molar-refractivity contribution in [3.05, 3.63) is 65.5 Å². The van der Waals surface area contributed by atoms with Crippen LogP contribution in [-0.4, -0.2) is 83.1 Å². The molecule has 0 radical (unpaired) electrons. The van der Waals surface area contributed by atoms with Gasteiger partial charge in [0.15, 0.2) is 17.3 Å². The average Bonchev–Trinajstić information content (AvgIpc) is 3.59. The lowest BCUT2D eigenvalue weighted by atomic mass is 10.0. The Kier molecular flexibility index (Phi) is 9.14. The van der Waals surface area contributed by atoms with Gasteiger partial charge >= 0.3 is 0 Å². The first-order chi connectivity index (χ1) is 17.2. The van der Waals surface area contributed by atoms with E-state index in [-0.39, 0.29) is 24.6 Å². The van der Waals surface area contributed by atoms with E-state index in [9.17, 15) is 0 Å². The first-order valence-corrected chi connectivity index (χ1v) is 12.3. The molecule has 3 heterocycles. The summed E-state index contributed by atoms with van der Waals surface area (Å²) in [4.78, 5) is 4.98. The van der Waals surface area contributed by atoms with Crippen LogP contribution < -0.4 is 9.47 Å². The molecule has 2 aliphatic rings. The Morgan fingerprint density at radius 1 is 1.00 bits per heavy atom. The van der Waals surface area contributed by atoms with Gasteiger partial charge in [-0.3, -0.25) is 9.80 Å². The van der Waals surface area contributed by atoms with Crippen LogP contribution in [0.4, 0.5) is 0 Å². The number of rotatable bonds is 9. The van der Waals surface area contributed by atoms with E-state index in [0.717, 1.165) is 63.6 Å². The number of piperazine rings is 1. The van der Waals surface area contributed by atoms with Gasteiger partial charge in [0.25, 0.3) is 0 Å². The maximum absolute atomic E-state index is 5.88. The van der Waals surface area contributed by atoms with Crippen molar-refractivity contribution in [1.82, 2.24) is 30.0 Å². The predicted molar refractivity (Wildman–Crippen MR) is 139 cm³/mol. The Balaban J connectivity index is 0.00000304. The van der Waals surface area contributed by atoms with E-state index < -0.39 is 0 Å². The number of benzene rings is 2. The summed E-state index contributed by atoms with van der Waals surface area (Å²) in [5, 5.41) is 12.9. The summed E-state index contributed by atoms with van der Waals surface area (Å²) in [5.41, 5.74) is 2.43. The Morgan fingerprint density at radius 2 is 1.78 bits per heavy atom. The number of aromatic nitrogens is 4. The van der Waals surface area contributed by atoms with E-state index in [1.807, 2.05) is 16.8 Å². The molecule has 2 atom stereocenters. The fourth-order valence-corrected chi connectivity index (χ4v) is 5.09. The van der Waals surface area contributed by atoms with Crippen molar-refractivity contribution >= 4 is 12.4 Å². The predicted octanol–water partition coefficient (Wildman–Crippen LogP) is 3.20. The van der Waals surface area contributed by atoms with Gasteiger partial charge in [-0.05, 0) is 46.5 Å². The Bertz CT molecular complexity index is 1080. The molecule has 2 unspecified atom stereocenters. The van der Waals surface area contributed by atoms with E-state index in [2.05, 4.69) is 61.7 Å². The monoisotopic (exact) mass is 514 g/mol. The maximum atomic E-state index is 5.88. The Labute approximate surface area is 218 Å². The molecule has 194 valence electrons. The van der Waals surface area contributed by atoms with E-state index in [4.69, 9.17) is 14.2 Å². The molecule has 0 aliphatic carbocycles. The normalized spacial score (nSPS) is 19.6. The molecule has 2 fully saturated rings. The van der Waals surface area contributed by atoms with E-state index in [1.54, 1.807) is 14.2 Å². The molecule has 2 saturated heterocycles. The van der Waals surface area contributed by atoms with Crippen molar-refractivity contribution in [3.63, 3.8) is 0 Å². The highest BCUT2D eigenvalue weighted by Gasteiger charge is 2.32. The molecule has 0 saturated carbocycles. The lowest BCUT2D eigenvalue weighted by Crippen LogP contribution is -2.48. The quantitative estimate of drug-likeness (QED) is 0.431. The van der Waals surface area contributed by atoms with Gasteiger partial charge in [0.05, 0.1) is 32.9 Å². The van der Waals surface area contributed by atoms with Crippen LogP contribution in [0, 0.1) is 0 Å². The molecule has 5 rings (SSSR count). The number of hydrogen-bond acceptors (Lipinski definition) is 8. The number of hydrogen-bond donors (Lipinski definition) is 0. The van der Waals surface area contributed by atoms with Crippen molar-refractivity contribution in [2.24, 2.45) is 0 Å². The zero-order valence-corrected chi connectivity index (χ0v) is 21.8. The molecule has 0 amide bonds. The van der Waals surface area contributed by atoms with Crippen LogP contribution in [0.15, 0.2) is 48.5 Å². The highest BCUT2D eigenvalue weighted by atomic mass is 35.5. The second-order valence-corrected chi connectivity index (χ2v) is 9.17. The third-order valence-electron chi connectivity index (χ3n) is 6.95. The van der Waals surface area contributed by atoms with Crippen molar-refractivity contribution in [3.8, 4) is 11.5 Å². The van der Waals surface area contributed by atoms with Gasteiger partial charge in [0.2, 0.25) is 0 Å². The SMILES string of the molecule is COc1ccc(C(c2nnnn2CC2CCCO2)N2CCN(Cc3ccccc3)CC2)cc1OC.Cl. The molecule has 3 aromatic rings. The van der Waals surface area contributed by atoms with E-state index in [1.165, 1.54) is 5.56 Å². The van der Waals surface area contributed by atoms with Crippen LogP contribution in [-0.2, 0) is 17.8 Å². The first kappa shape index (κ1) is 26.3. The third-order valence-corrected chi connectivity index (χ3v) is 6.95. The molecule has 10 heteroatoms. The largest absolute Gasteiger partial charge is 0.493 e. The molecular weight excluding hydrogens is 480 g/mol. The minimum absolute atomic E-state index is 0. The molecule has 0 spiro atoms. The summed E-state index contributed by atoms with van der Waals surface area (Å²) in [6, 6.07) is 16.7. The van der Waals surface area contributed by atoms with E-state index >= 15 is 0 Å². The van der Waals surface area contributed by atoms with Crippen molar-refractivity contribution in [1.29, 1.82) is 0 Å². The van der Waals surface area contributed by atoms with Crippen molar-refractivity contribution in [2.75, 3.05) is 47.0 Å². The van der Waals surface area contributed by atoms with Crippen LogP contribution in [0.5, 0.6) is 11.5 Å².